The molecule has 1 atom stereocenters. The van der Waals surface area contributed by atoms with Crippen LogP contribution in [0.1, 0.15) is 5.56 Å². The highest BCUT2D eigenvalue weighted by molar-refractivity contribution is 6.30. The van der Waals surface area contributed by atoms with Crippen LogP contribution in [0, 0.1) is 0 Å². The van der Waals surface area contributed by atoms with Gasteiger partial charge in [-0.25, -0.2) is 4.79 Å². The number of halogens is 1. The van der Waals surface area contributed by atoms with E-state index in [2.05, 4.69) is 4.74 Å². The van der Waals surface area contributed by atoms with Crippen LogP contribution in [0.4, 0.5) is 0 Å². The van der Waals surface area contributed by atoms with Gasteiger partial charge in [0.1, 0.15) is 0 Å². The zero-order valence-corrected chi connectivity index (χ0v) is 12.4. The highest BCUT2D eigenvalue weighted by Gasteiger charge is 2.28. The predicted octanol–water partition coefficient (Wildman–Crippen LogP) is 1.75. The largest absolute Gasteiger partial charge is 0.467 e. The van der Waals surface area contributed by atoms with Crippen molar-refractivity contribution in [1.29, 1.82) is 0 Å². The van der Waals surface area contributed by atoms with Crippen molar-refractivity contribution in [2.24, 2.45) is 0 Å². The van der Waals surface area contributed by atoms with Crippen LogP contribution >= 0.6 is 11.6 Å². The molecule has 1 fully saturated rings. The zero-order chi connectivity index (χ0) is 15.2. The molecule has 1 aliphatic rings. The topological polar surface area (TPSA) is 55.8 Å². The summed E-state index contributed by atoms with van der Waals surface area (Å²) < 4.78 is 9.91. The van der Waals surface area contributed by atoms with Gasteiger partial charge in [-0.1, -0.05) is 23.7 Å². The lowest BCUT2D eigenvalue weighted by molar-refractivity contribution is -0.161. The van der Waals surface area contributed by atoms with Gasteiger partial charge in [-0.2, -0.15) is 0 Å². The first kappa shape index (κ1) is 15.5. The monoisotopic (exact) mass is 309 g/mol. The maximum absolute atomic E-state index is 12.1. The van der Waals surface area contributed by atoms with Crippen molar-refractivity contribution in [2.75, 3.05) is 26.8 Å². The van der Waals surface area contributed by atoms with Crippen LogP contribution in [0.3, 0.4) is 0 Å². The minimum absolute atomic E-state index is 0.165. The SMILES string of the molecule is COC(=O)C1CN(C(=O)/C=C/c2ccc(Cl)cc2)CCO1. The van der Waals surface area contributed by atoms with Gasteiger partial charge >= 0.3 is 5.97 Å². The van der Waals surface area contributed by atoms with E-state index in [0.717, 1.165) is 5.56 Å². The third-order valence-corrected chi connectivity index (χ3v) is 3.38. The smallest absolute Gasteiger partial charge is 0.336 e. The van der Waals surface area contributed by atoms with E-state index in [1.807, 2.05) is 12.1 Å². The minimum atomic E-state index is -0.711. The molecule has 0 aliphatic carbocycles. The van der Waals surface area contributed by atoms with Gasteiger partial charge in [0.2, 0.25) is 5.91 Å². The van der Waals surface area contributed by atoms with E-state index in [1.54, 1.807) is 23.1 Å². The Hall–Kier alpha value is -1.85. The van der Waals surface area contributed by atoms with Crippen molar-refractivity contribution in [3.63, 3.8) is 0 Å². The average Bonchev–Trinajstić information content (AvgIpc) is 2.53. The van der Waals surface area contributed by atoms with E-state index >= 15 is 0 Å². The van der Waals surface area contributed by atoms with Crippen LogP contribution in [-0.2, 0) is 19.1 Å². The van der Waals surface area contributed by atoms with E-state index in [-0.39, 0.29) is 12.5 Å². The summed E-state index contributed by atoms with van der Waals surface area (Å²) in [6.45, 7) is 0.980. The van der Waals surface area contributed by atoms with E-state index in [1.165, 1.54) is 13.2 Å². The highest BCUT2D eigenvalue weighted by Crippen LogP contribution is 2.12. The molecule has 5 nitrogen and oxygen atoms in total. The number of rotatable bonds is 3. The highest BCUT2D eigenvalue weighted by atomic mass is 35.5. The molecular weight excluding hydrogens is 294 g/mol. The molecular formula is C15H16ClNO4. The lowest BCUT2D eigenvalue weighted by Crippen LogP contribution is -2.48. The van der Waals surface area contributed by atoms with Gasteiger partial charge in [-0.3, -0.25) is 4.79 Å². The van der Waals surface area contributed by atoms with Crippen LogP contribution in [0.25, 0.3) is 6.08 Å². The number of hydrogen-bond donors (Lipinski definition) is 0. The van der Waals surface area contributed by atoms with Crippen molar-refractivity contribution in [1.82, 2.24) is 4.90 Å². The molecule has 0 saturated carbocycles. The van der Waals surface area contributed by atoms with Gasteiger partial charge in [-0.05, 0) is 23.8 Å². The van der Waals surface area contributed by atoms with Crippen LogP contribution in [0.2, 0.25) is 5.02 Å². The third kappa shape index (κ3) is 4.31. The molecule has 0 bridgehead atoms. The second-order valence-electron chi connectivity index (χ2n) is 4.55. The summed E-state index contributed by atoms with van der Waals surface area (Å²) in [5, 5.41) is 0.646. The molecule has 6 heteroatoms. The molecule has 0 spiro atoms. The summed E-state index contributed by atoms with van der Waals surface area (Å²) in [7, 11) is 1.30. The molecule has 1 aromatic rings. The normalized spacial score (nSPS) is 18.8. The first-order chi connectivity index (χ1) is 10.1. The summed E-state index contributed by atoms with van der Waals surface area (Å²) in [4.78, 5) is 25.1. The summed E-state index contributed by atoms with van der Waals surface area (Å²) in [6, 6.07) is 7.16. The van der Waals surface area contributed by atoms with Gasteiger partial charge < -0.3 is 14.4 Å². The van der Waals surface area contributed by atoms with Gasteiger partial charge in [0, 0.05) is 17.6 Å². The maximum Gasteiger partial charge on any atom is 0.336 e. The Morgan fingerprint density at radius 3 is 2.76 bits per heavy atom. The molecule has 0 radical (unpaired) electrons. The standard InChI is InChI=1S/C15H16ClNO4/c1-20-15(19)13-10-17(8-9-21-13)14(18)7-4-11-2-5-12(16)6-3-11/h2-7,13H,8-10H2,1H3/b7-4+. The van der Waals surface area contributed by atoms with Crippen LogP contribution in [-0.4, -0.2) is 49.7 Å². The van der Waals surface area contributed by atoms with E-state index in [0.29, 0.717) is 18.2 Å². The number of benzene rings is 1. The Morgan fingerprint density at radius 2 is 2.10 bits per heavy atom. The number of esters is 1. The fourth-order valence-electron chi connectivity index (χ4n) is 1.97. The quantitative estimate of drug-likeness (QED) is 0.630. The molecule has 0 N–H and O–H groups in total. The van der Waals surface area contributed by atoms with Crippen molar-refractivity contribution in [3.05, 3.63) is 40.9 Å². The van der Waals surface area contributed by atoms with E-state index < -0.39 is 12.1 Å². The number of carbonyl (C=O) groups excluding carboxylic acids is 2. The second-order valence-corrected chi connectivity index (χ2v) is 4.99. The second kappa shape index (κ2) is 7.24. The number of ether oxygens (including phenoxy) is 2. The fourth-order valence-corrected chi connectivity index (χ4v) is 2.10. The zero-order valence-electron chi connectivity index (χ0n) is 11.6. The van der Waals surface area contributed by atoms with Gasteiger partial charge in [-0.15, -0.1) is 0 Å². The molecule has 1 aliphatic heterocycles. The molecule has 1 saturated heterocycles. The van der Waals surface area contributed by atoms with Gasteiger partial charge in [0.15, 0.2) is 6.10 Å². The molecule has 1 amide bonds. The number of hydrogen-bond acceptors (Lipinski definition) is 4. The van der Waals surface area contributed by atoms with Crippen LogP contribution < -0.4 is 0 Å². The van der Waals surface area contributed by atoms with E-state index in [9.17, 15) is 9.59 Å². The average molecular weight is 310 g/mol. The van der Waals surface area contributed by atoms with E-state index in [4.69, 9.17) is 16.3 Å². The van der Waals surface area contributed by atoms with Crippen molar-refractivity contribution in [3.8, 4) is 0 Å². The van der Waals surface area contributed by atoms with Crippen LogP contribution in [0.5, 0.6) is 0 Å². The molecule has 1 unspecified atom stereocenters. The number of amides is 1. The summed E-state index contributed by atoms with van der Waals surface area (Å²) >= 11 is 5.80. The number of nitrogens with zero attached hydrogens (tertiary/aromatic N) is 1. The third-order valence-electron chi connectivity index (χ3n) is 3.13. The Kier molecular flexibility index (Phi) is 5.36. The summed E-state index contributed by atoms with van der Waals surface area (Å²) in [5.74, 6) is -0.628. The number of carbonyl (C=O) groups is 2. The number of morpholine rings is 1. The molecule has 112 valence electrons. The van der Waals surface area contributed by atoms with Crippen molar-refractivity contribution < 1.29 is 19.1 Å². The Labute approximate surface area is 128 Å². The Balaban J connectivity index is 1.96. The van der Waals surface area contributed by atoms with Crippen molar-refractivity contribution >= 4 is 29.6 Å². The minimum Gasteiger partial charge on any atom is -0.467 e. The molecule has 1 aromatic carbocycles. The van der Waals surface area contributed by atoms with Crippen molar-refractivity contribution in [2.45, 2.75) is 6.10 Å². The molecule has 2 rings (SSSR count). The Bertz CT molecular complexity index is 541. The molecule has 21 heavy (non-hydrogen) atoms. The fraction of sp³-hybridized carbons (Fsp3) is 0.333. The van der Waals surface area contributed by atoms with Gasteiger partial charge in [0.05, 0.1) is 20.3 Å². The lowest BCUT2D eigenvalue weighted by Gasteiger charge is -2.30. The molecule has 1 heterocycles. The lowest BCUT2D eigenvalue weighted by atomic mass is 10.2. The van der Waals surface area contributed by atoms with Crippen LogP contribution in [0.15, 0.2) is 30.3 Å². The molecule has 0 aromatic heterocycles. The van der Waals surface area contributed by atoms with Gasteiger partial charge in [0.25, 0.3) is 0 Å². The number of methoxy groups -OCH3 is 1. The first-order valence-corrected chi connectivity index (χ1v) is 6.90. The summed E-state index contributed by atoms with van der Waals surface area (Å²) in [5.41, 5.74) is 0.880. The predicted molar refractivity (Wildman–Crippen MR) is 78.8 cm³/mol. The first-order valence-electron chi connectivity index (χ1n) is 6.52. The summed E-state index contributed by atoms with van der Waals surface area (Å²) in [6.07, 6.45) is 2.47. The Morgan fingerprint density at radius 1 is 1.38 bits per heavy atom. The maximum atomic E-state index is 12.1.